The fraction of sp³-hybridized carbons (Fsp3) is 0.143. The van der Waals surface area contributed by atoms with Gasteiger partial charge in [-0.2, -0.15) is 0 Å². The van der Waals surface area contributed by atoms with Crippen molar-refractivity contribution >= 4 is 24.2 Å². The van der Waals surface area contributed by atoms with Crippen molar-refractivity contribution < 1.29 is 18.9 Å². The molecule has 0 saturated heterocycles. The highest BCUT2D eigenvalue weighted by Crippen LogP contribution is 2.43. The zero-order valence-corrected chi connectivity index (χ0v) is 9.40. The first kappa shape index (κ1) is 12.1. The molecule has 0 aliphatic rings. The maximum atomic E-state index is 10.3. The molecule has 15 heavy (non-hydrogen) atoms. The first-order chi connectivity index (χ1) is 6.94. The standard InChI is InChI=1S/C7H8NO5PS/c1-12-14(11,15)13-7-4-2-6(3-5-7)8(9)10/h2-5H,1H3,(H,11,15). The SMILES string of the molecule is COP(O)(=S)Oc1ccc([N+](=O)[O-])cc1. The topological polar surface area (TPSA) is 81.8 Å². The monoisotopic (exact) mass is 249 g/mol. The molecule has 0 radical (unpaired) electrons. The Morgan fingerprint density at radius 3 is 2.40 bits per heavy atom. The minimum atomic E-state index is -3.27. The molecule has 8 heteroatoms. The fourth-order valence-corrected chi connectivity index (χ4v) is 1.52. The van der Waals surface area contributed by atoms with Crippen LogP contribution in [0.5, 0.6) is 5.75 Å². The summed E-state index contributed by atoms with van der Waals surface area (Å²) in [5.74, 6) is 0.230. The van der Waals surface area contributed by atoms with Gasteiger partial charge in [0.05, 0.1) is 4.92 Å². The van der Waals surface area contributed by atoms with E-state index < -0.39 is 11.6 Å². The van der Waals surface area contributed by atoms with Crippen molar-refractivity contribution in [2.45, 2.75) is 0 Å². The number of nitro groups is 1. The van der Waals surface area contributed by atoms with Crippen molar-refractivity contribution in [3.05, 3.63) is 34.4 Å². The largest absolute Gasteiger partial charge is 0.424 e. The number of benzene rings is 1. The van der Waals surface area contributed by atoms with E-state index in [2.05, 4.69) is 16.3 Å². The summed E-state index contributed by atoms with van der Waals surface area (Å²) in [6.07, 6.45) is 0. The van der Waals surface area contributed by atoms with Gasteiger partial charge < -0.3 is 13.9 Å². The third kappa shape index (κ3) is 3.56. The van der Waals surface area contributed by atoms with E-state index in [9.17, 15) is 15.0 Å². The van der Waals surface area contributed by atoms with Crippen LogP contribution in [0, 0.1) is 10.1 Å². The average molecular weight is 249 g/mol. The van der Waals surface area contributed by atoms with Crippen molar-refractivity contribution in [2.24, 2.45) is 0 Å². The maximum Gasteiger partial charge on any atom is 0.377 e. The van der Waals surface area contributed by atoms with E-state index in [0.29, 0.717) is 0 Å². The number of hydrogen-bond acceptors (Lipinski definition) is 5. The van der Waals surface area contributed by atoms with E-state index in [-0.39, 0.29) is 11.4 Å². The summed E-state index contributed by atoms with van der Waals surface area (Å²) in [4.78, 5) is 19.1. The van der Waals surface area contributed by atoms with Gasteiger partial charge in [-0.15, -0.1) is 0 Å². The lowest BCUT2D eigenvalue weighted by atomic mass is 10.3. The molecule has 0 aromatic heterocycles. The second-order valence-electron chi connectivity index (χ2n) is 2.49. The summed E-state index contributed by atoms with van der Waals surface area (Å²) in [6, 6.07) is 5.18. The molecular formula is C7H8NO5PS. The number of nitrogens with zero attached hydrogens (tertiary/aromatic N) is 1. The van der Waals surface area contributed by atoms with Crippen LogP contribution in [0.25, 0.3) is 0 Å². The highest BCUT2D eigenvalue weighted by molar-refractivity contribution is 8.07. The van der Waals surface area contributed by atoms with E-state index in [1.807, 2.05) is 0 Å². The second-order valence-corrected chi connectivity index (χ2v) is 5.36. The quantitative estimate of drug-likeness (QED) is 0.498. The van der Waals surface area contributed by atoms with Crippen LogP contribution in [-0.2, 0) is 16.3 Å². The molecule has 82 valence electrons. The van der Waals surface area contributed by atoms with Crippen molar-refractivity contribution in [3.63, 3.8) is 0 Å². The molecule has 1 aromatic rings. The first-order valence-electron chi connectivity index (χ1n) is 3.77. The zero-order chi connectivity index (χ0) is 11.5. The lowest BCUT2D eigenvalue weighted by Crippen LogP contribution is -1.93. The van der Waals surface area contributed by atoms with Crippen LogP contribution >= 0.6 is 6.72 Å². The lowest BCUT2D eigenvalue weighted by Gasteiger charge is -2.13. The van der Waals surface area contributed by atoms with E-state index in [0.717, 1.165) is 0 Å². The van der Waals surface area contributed by atoms with Gasteiger partial charge in [0, 0.05) is 31.0 Å². The Labute approximate surface area is 90.9 Å². The fourth-order valence-electron chi connectivity index (χ4n) is 0.799. The van der Waals surface area contributed by atoms with Crippen LogP contribution in [0.2, 0.25) is 0 Å². The van der Waals surface area contributed by atoms with Crippen molar-refractivity contribution in [1.29, 1.82) is 0 Å². The number of rotatable bonds is 4. The minimum absolute atomic E-state index is 0.0639. The van der Waals surface area contributed by atoms with Crippen LogP contribution < -0.4 is 4.52 Å². The minimum Gasteiger partial charge on any atom is -0.424 e. The van der Waals surface area contributed by atoms with Gasteiger partial charge in [-0.3, -0.25) is 10.1 Å². The summed E-state index contributed by atoms with van der Waals surface area (Å²) in [6.45, 7) is -3.27. The van der Waals surface area contributed by atoms with Crippen molar-refractivity contribution in [1.82, 2.24) is 0 Å². The molecule has 0 bridgehead atoms. The Morgan fingerprint density at radius 2 is 2.00 bits per heavy atom. The van der Waals surface area contributed by atoms with Crippen LogP contribution in [-0.4, -0.2) is 16.9 Å². The third-order valence-corrected chi connectivity index (χ3v) is 3.07. The van der Waals surface area contributed by atoms with Gasteiger partial charge in [-0.1, -0.05) is 0 Å². The Kier molecular flexibility index (Phi) is 3.76. The zero-order valence-electron chi connectivity index (χ0n) is 7.69. The second kappa shape index (κ2) is 4.67. The molecule has 1 rings (SSSR count). The van der Waals surface area contributed by atoms with Gasteiger partial charge in [0.15, 0.2) is 0 Å². The van der Waals surface area contributed by atoms with Crippen LogP contribution in [0.4, 0.5) is 5.69 Å². The molecule has 0 aliphatic heterocycles. The molecule has 1 atom stereocenters. The molecule has 0 spiro atoms. The molecule has 0 heterocycles. The van der Waals surface area contributed by atoms with E-state index in [4.69, 9.17) is 4.52 Å². The molecule has 0 saturated carbocycles. The predicted molar refractivity (Wildman–Crippen MR) is 57.2 cm³/mol. The van der Waals surface area contributed by atoms with E-state index in [1.165, 1.54) is 31.4 Å². The Balaban J connectivity index is 2.82. The predicted octanol–water partition coefficient (Wildman–Crippen LogP) is 1.84. The van der Waals surface area contributed by atoms with Crippen LogP contribution in [0.3, 0.4) is 0 Å². The summed E-state index contributed by atoms with van der Waals surface area (Å²) in [7, 11) is 1.23. The van der Waals surface area contributed by atoms with Gasteiger partial charge in [0.25, 0.3) is 5.69 Å². The highest BCUT2D eigenvalue weighted by Gasteiger charge is 2.14. The maximum absolute atomic E-state index is 10.3. The number of nitro benzene ring substituents is 1. The van der Waals surface area contributed by atoms with E-state index >= 15 is 0 Å². The Hall–Kier alpha value is -1.01. The average Bonchev–Trinajstić information content (AvgIpc) is 2.18. The molecular weight excluding hydrogens is 241 g/mol. The van der Waals surface area contributed by atoms with Crippen molar-refractivity contribution in [3.8, 4) is 5.75 Å². The van der Waals surface area contributed by atoms with Gasteiger partial charge in [0.1, 0.15) is 5.75 Å². The van der Waals surface area contributed by atoms with Crippen molar-refractivity contribution in [2.75, 3.05) is 7.11 Å². The Morgan fingerprint density at radius 1 is 1.47 bits per heavy atom. The van der Waals surface area contributed by atoms with Crippen LogP contribution in [0.15, 0.2) is 24.3 Å². The summed E-state index contributed by atoms with van der Waals surface area (Å²) >= 11 is 4.60. The normalized spacial score (nSPS) is 14.3. The summed E-state index contributed by atoms with van der Waals surface area (Å²) in [5.41, 5.74) is -0.0639. The van der Waals surface area contributed by atoms with Gasteiger partial charge in [0.2, 0.25) is 0 Å². The van der Waals surface area contributed by atoms with Crippen LogP contribution in [0.1, 0.15) is 0 Å². The van der Waals surface area contributed by atoms with E-state index in [1.54, 1.807) is 0 Å². The summed E-state index contributed by atoms with van der Waals surface area (Å²) in [5, 5.41) is 10.3. The third-order valence-electron chi connectivity index (χ3n) is 1.50. The summed E-state index contributed by atoms with van der Waals surface area (Å²) < 4.78 is 9.47. The number of hydrogen-bond donors (Lipinski definition) is 1. The first-order valence-corrected chi connectivity index (χ1v) is 6.36. The van der Waals surface area contributed by atoms with Gasteiger partial charge in [-0.05, 0) is 12.1 Å². The molecule has 1 unspecified atom stereocenters. The van der Waals surface area contributed by atoms with Gasteiger partial charge >= 0.3 is 6.72 Å². The molecule has 1 N–H and O–H groups in total. The molecule has 1 aromatic carbocycles. The molecule has 6 nitrogen and oxygen atoms in total. The molecule has 0 amide bonds. The molecule has 0 fully saturated rings. The Bertz CT molecular complexity index is 406. The smallest absolute Gasteiger partial charge is 0.377 e. The number of non-ortho nitro benzene ring substituents is 1. The highest BCUT2D eigenvalue weighted by atomic mass is 32.5. The lowest BCUT2D eigenvalue weighted by molar-refractivity contribution is -0.384. The molecule has 0 aliphatic carbocycles. The van der Waals surface area contributed by atoms with Gasteiger partial charge in [-0.25, -0.2) is 0 Å².